The van der Waals surface area contributed by atoms with Crippen LogP contribution in [0.3, 0.4) is 0 Å². The minimum atomic E-state index is -2.08. The molecule has 0 aromatic heterocycles. The van der Waals surface area contributed by atoms with Crippen LogP contribution in [0.4, 0.5) is 10.1 Å². The SMILES string of the molecule is COC(=O)C(C)(C)Nc1ccccc1C(=O)OC(C)(C)F. The summed E-state index contributed by atoms with van der Waals surface area (Å²) < 4.78 is 22.8. The standard InChI is InChI=1S/C15H20FNO4/c1-14(2,13(19)20-5)17-11-9-7-6-8-10(11)12(18)21-15(3,4)16/h6-9,17H,1-5H3. The smallest absolute Gasteiger partial charge is 0.342 e. The summed E-state index contributed by atoms with van der Waals surface area (Å²) in [5.74, 6) is -3.38. The number of carbonyl (C=O) groups is 2. The van der Waals surface area contributed by atoms with Gasteiger partial charge in [-0.1, -0.05) is 12.1 Å². The van der Waals surface area contributed by atoms with Crippen molar-refractivity contribution in [3.63, 3.8) is 0 Å². The molecule has 1 aromatic carbocycles. The second-order valence-electron chi connectivity index (χ2n) is 5.54. The van der Waals surface area contributed by atoms with Crippen LogP contribution >= 0.6 is 0 Å². The van der Waals surface area contributed by atoms with Crippen LogP contribution in [0.5, 0.6) is 0 Å². The van der Waals surface area contributed by atoms with E-state index in [0.717, 1.165) is 13.8 Å². The lowest BCUT2D eigenvalue weighted by Crippen LogP contribution is -2.41. The van der Waals surface area contributed by atoms with Crippen molar-refractivity contribution in [3.8, 4) is 0 Å². The highest BCUT2D eigenvalue weighted by atomic mass is 19.2. The molecule has 0 amide bonds. The van der Waals surface area contributed by atoms with Gasteiger partial charge in [-0.05, 0) is 26.0 Å². The van der Waals surface area contributed by atoms with E-state index in [1.54, 1.807) is 32.0 Å². The van der Waals surface area contributed by atoms with Crippen molar-refractivity contribution in [1.29, 1.82) is 0 Å². The summed E-state index contributed by atoms with van der Waals surface area (Å²) in [6, 6.07) is 6.40. The normalized spacial score (nSPS) is 11.7. The molecule has 0 heterocycles. The van der Waals surface area contributed by atoms with Crippen molar-refractivity contribution in [3.05, 3.63) is 29.8 Å². The fraction of sp³-hybridized carbons (Fsp3) is 0.467. The van der Waals surface area contributed by atoms with E-state index >= 15 is 0 Å². The van der Waals surface area contributed by atoms with Gasteiger partial charge >= 0.3 is 11.9 Å². The fourth-order valence-electron chi connectivity index (χ4n) is 1.69. The Morgan fingerprint density at radius 2 is 1.71 bits per heavy atom. The number of rotatable bonds is 5. The highest BCUT2D eigenvalue weighted by molar-refractivity contribution is 5.97. The third kappa shape index (κ3) is 4.73. The van der Waals surface area contributed by atoms with Crippen LogP contribution in [0.1, 0.15) is 38.1 Å². The third-order valence-electron chi connectivity index (χ3n) is 2.63. The van der Waals surface area contributed by atoms with Gasteiger partial charge in [0.1, 0.15) is 5.54 Å². The highest BCUT2D eigenvalue weighted by Crippen LogP contribution is 2.23. The first-order valence-corrected chi connectivity index (χ1v) is 6.45. The number of para-hydroxylation sites is 1. The summed E-state index contributed by atoms with van der Waals surface area (Å²) in [5, 5.41) is 2.91. The Bertz CT molecular complexity index is 535. The van der Waals surface area contributed by atoms with E-state index in [9.17, 15) is 14.0 Å². The van der Waals surface area contributed by atoms with E-state index < -0.39 is 23.3 Å². The maximum absolute atomic E-state index is 13.4. The molecule has 21 heavy (non-hydrogen) atoms. The van der Waals surface area contributed by atoms with Crippen molar-refractivity contribution in [2.24, 2.45) is 0 Å². The van der Waals surface area contributed by atoms with Crippen molar-refractivity contribution >= 4 is 17.6 Å². The molecular formula is C15H20FNO4. The quantitative estimate of drug-likeness (QED) is 0.847. The number of alkyl halides is 1. The average molecular weight is 297 g/mol. The number of ether oxygens (including phenoxy) is 2. The molecule has 0 aliphatic carbocycles. The number of esters is 2. The topological polar surface area (TPSA) is 64.6 Å². The Kier molecular flexibility index (Phi) is 4.93. The summed E-state index contributed by atoms with van der Waals surface area (Å²) in [6.45, 7) is 5.50. The first-order valence-electron chi connectivity index (χ1n) is 6.45. The van der Waals surface area contributed by atoms with Crippen LogP contribution in [-0.4, -0.2) is 30.4 Å². The minimum Gasteiger partial charge on any atom is -0.467 e. The van der Waals surface area contributed by atoms with Crippen LogP contribution < -0.4 is 5.32 Å². The first-order chi connectivity index (χ1) is 9.57. The molecule has 0 saturated heterocycles. The number of halogens is 1. The first kappa shape index (κ1) is 16.9. The zero-order valence-electron chi connectivity index (χ0n) is 12.8. The number of methoxy groups -OCH3 is 1. The van der Waals surface area contributed by atoms with Gasteiger partial charge in [0.05, 0.1) is 12.7 Å². The Hall–Kier alpha value is -2.11. The summed E-state index contributed by atoms with van der Waals surface area (Å²) >= 11 is 0. The van der Waals surface area contributed by atoms with Crippen molar-refractivity contribution in [2.75, 3.05) is 12.4 Å². The van der Waals surface area contributed by atoms with Gasteiger partial charge in [0.2, 0.25) is 5.85 Å². The molecule has 0 fully saturated rings. The highest BCUT2D eigenvalue weighted by Gasteiger charge is 2.31. The number of benzene rings is 1. The van der Waals surface area contributed by atoms with Gasteiger partial charge in [-0.25, -0.2) is 9.59 Å². The Balaban J connectivity index is 3.05. The van der Waals surface area contributed by atoms with Gasteiger partial charge in [-0.3, -0.25) is 0 Å². The molecule has 0 atom stereocenters. The summed E-state index contributed by atoms with van der Waals surface area (Å²) in [5.41, 5.74) is -0.543. The maximum atomic E-state index is 13.4. The predicted molar refractivity (Wildman–Crippen MR) is 76.8 cm³/mol. The second kappa shape index (κ2) is 6.11. The molecular weight excluding hydrogens is 277 g/mol. The number of carbonyl (C=O) groups excluding carboxylic acids is 2. The van der Waals surface area contributed by atoms with E-state index in [0.29, 0.717) is 5.69 Å². The Morgan fingerprint density at radius 1 is 1.14 bits per heavy atom. The average Bonchev–Trinajstić information content (AvgIpc) is 2.35. The number of hydrogen-bond donors (Lipinski definition) is 1. The van der Waals surface area contributed by atoms with Crippen molar-refractivity contribution in [1.82, 2.24) is 0 Å². The molecule has 0 aliphatic rings. The van der Waals surface area contributed by atoms with E-state index in [2.05, 4.69) is 5.32 Å². The lowest BCUT2D eigenvalue weighted by Gasteiger charge is -2.26. The summed E-state index contributed by atoms with van der Waals surface area (Å²) in [7, 11) is 1.28. The molecule has 0 spiro atoms. The summed E-state index contributed by atoms with van der Waals surface area (Å²) in [4.78, 5) is 23.7. The molecule has 0 unspecified atom stereocenters. The molecule has 0 bridgehead atoms. The monoisotopic (exact) mass is 297 g/mol. The van der Waals surface area contributed by atoms with Crippen LogP contribution in [-0.2, 0) is 14.3 Å². The lowest BCUT2D eigenvalue weighted by atomic mass is 10.0. The molecule has 0 radical (unpaired) electrons. The number of hydrogen-bond acceptors (Lipinski definition) is 5. The van der Waals surface area contributed by atoms with E-state index in [1.165, 1.54) is 13.2 Å². The molecule has 6 heteroatoms. The largest absolute Gasteiger partial charge is 0.467 e. The van der Waals surface area contributed by atoms with Gasteiger partial charge in [0.25, 0.3) is 0 Å². The molecule has 1 N–H and O–H groups in total. The zero-order chi connectivity index (χ0) is 16.3. The van der Waals surface area contributed by atoms with Crippen LogP contribution in [0.25, 0.3) is 0 Å². The van der Waals surface area contributed by atoms with Crippen molar-refractivity contribution < 1.29 is 23.5 Å². The molecule has 1 rings (SSSR count). The number of nitrogens with one attached hydrogen (secondary N) is 1. The van der Waals surface area contributed by atoms with Gasteiger partial charge in [0, 0.05) is 19.5 Å². The maximum Gasteiger partial charge on any atom is 0.342 e. The lowest BCUT2D eigenvalue weighted by molar-refractivity contribution is -0.144. The second-order valence-corrected chi connectivity index (χ2v) is 5.54. The van der Waals surface area contributed by atoms with Crippen LogP contribution in [0, 0.1) is 0 Å². The molecule has 0 saturated carbocycles. The van der Waals surface area contributed by atoms with Crippen LogP contribution in [0.15, 0.2) is 24.3 Å². The zero-order valence-corrected chi connectivity index (χ0v) is 12.8. The van der Waals surface area contributed by atoms with Gasteiger partial charge in [-0.2, -0.15) is 4.39 Å². The Morgan fingerprint density at radius 3 is 2.24 bits per heavy atom. The Labute approximate surface area is 123 Å². The van der Waals surface area contributed by atoms with Gasteiger partial charge in [-0.15, -0.1) is 0 Å². The summed E-state index contributed by atoms with van der Waals surface area (Å²) in [6.07, 6.45) is 0. The fourth-order valence-corrected chi connectivity index (χ4v) is 1.69. The molecule has 116 valence electrons. The molecule has 1 aromatic rings. The van der Waals surface area contributed by atoms with Gasteiger partial charge < -0.3 is 14.8 Å². The third-order valence-corrected chi connectivity index (χ3v) is 2.63. The van der Waals surface area contributed by atoms with Crippen LogP contribution in [0.2, 0.25) is 0 Å². The van der Waals surface area contributed by atoms with E-state index in [4.69, 9.17) is 9.47 Å². The minimum absolute atomic E-state index is 0.139. The van der Waals surface area contributed by atoms with E-state index in [-0.39, 0.29) is 5.56 Å². The van der Waals surface area contributed by atoms with Crippen molar-refractivity contribution in [2.45, 2.75) is 39.1 Å². The van der Waals surface area contributed by atoms with E-state index in [1.807, 2.05) is 0 Å². The molecule has 0 aliphatic heterocycles. The molecule has 5 nitrogen and oxygen atoms in total. The number of anilines is 1. The van der Waals surface area contributed by atoms with Gasteiger partial charge in [0.15, 0.2) is 0 Å². The predicted octanol–water partition coefficient (Wildman–Crippen LogP) is 2.91.